The summed E-state index contributed by atoms with van der Waals surface area (Å²) in [6.45, 7) is 7.05. The fraction of sp³-hybridized carbons (Fsp3) is 1.00. The van der Waals surface area contributed by atoms with Gasteiger partial charge in [-0.05, 0) is 19.8 Å². The minimum absolute atomic E-state index is 0.218. The molecule has 1 aliphatic heterocycles. The largest absolute Gasteiger partial charge is 0.395 e. The van der Waals surface area contributed by atoms with E-state index in [0.29, 0.717) is 12.1 Å². The molecule has 0 aromatic rings. The third-order valence-electron chi connectivity index (χ3n) is 2.87. The second kappa shape index (κ2) is 7.17. The average molecular weight is 216 g/mol. The highest BCUT2D eigenvalue weighted by Gasteiger charge is 2.17. The summed E-state index contributed by atoms with van der Waals surface area (Å²) in [5.74, 6) is 0. The predicted octanol–water partition coefficient (Wildman–Crippen LogP) is 0.114. The third kappa shape index (κ3) is 4.93. The minimum Gasteiger partial charge on any atom is -0.395 e. The lowest BCUT2D eigenvalue weighted by Crippen LogP contribution is -2.47. The lowest BCUT2D eigenvalue weighted by Gasteiger charge is -2.28. The number of morpholine rings is 1. The van der Waals surface area contributed by atoms with Gasteiger partial charge in [-0.25, -0.2) is 0 Å². The van der Waals surface area contributed by atoms with Crippen LogP contribution >= 0.6 is 0 Å². The van der Waals surface area contributed by atoms with Gasteiger partial charge in [0.25, 0.3) is 0 Å². The first-order chi connectivity index (χ1) is 7.26. The second-order valence-corrected chi connectivity index (χ2v) is 4.32. The molecule has 0 aromatic carbocycles. The Balaban J connectivity index is 2.18. The molecule has 15 heavy (non-hydrogen) atoms. The van der Waals surface area contributed by atoms with Crippen LogP contribution in [0.2, 0.25) is 0 Å². The van der Waals surface area contributed by atoms with Crippen molar-refractivity contribution in [3.05, 3.63) is 0 Å². The van der Waals surface area contributed by atoms with Crippen LogP contribution in [-0.2, 0) is 4.74 Å². The van der Waals surface area contributed by atoms with Crippen LogP contribution in [0.1, 0.15) is 26.7 Å². The zero-order valence-corrected chi connectivity index (χ0v) is 9.83. The summed E-state index contributed by atoms with van der Waals surface area (Å²) in [7, 11) is 0. The van der Waals surface area contributed by atoms with Gasteiger partial charge in [-0.15, -0.1) is 0 Å². The van der Waals surface area contributed by atoms with Crippen molar-refractivity contribution in [1.29, 1.82) is 0 Å². The summed E-state index contributed by atoms with van der Waals surface area (Å²) in [4.78, 5) is 0. The zero-order valence-electron chi connectivity index (χ0n) is 9.83. The Morgan fingerprint density at radius 2 is 2.40 bits per heavy atom. The molecular weight excluding hydrogens is 192 g/mol. The highest BCUT2D eigenvalue weighted by atomic mass is 16.5. The van der Waals surface area contributed by atoms with Crippen molar-refractivity contribution in [2.24, 2.45) is 0 Å². The zero-order chi connectivity index (χ0) is 11.1. The van der Waals surface area contributed by atoms with Crippen LogP contribution in [0.3, 0.4) is 0 Å². The van der Waals surface area contributed by atoms with E-state index in [2.05, 4.69) is 24.5 Å². The number of aliphatic hydroxyl groups excluding tert-OH is 1. The first-order valence-electron chi connectivity index (χ1n) is 5.94. The first-order valence-corrected chi connectivity index (χ1v) is 5.94. The molecule has 1 heterocycles. The van der Waals surface area contributed by atoms with Gasteiger partial charge in [-0.1, -0.05) is 6.92 Å². The number of nitrogens with one attached hydrogen (secondary N) is 2. The van der Waals surface area contributed by atoms with Crippen LogP contribution in [0.25, 0.3) is 0 Å². The Morgan fingerprint density at radius 1 is 1.60 bits per heavy atom. The number of ether oxygens (including phenoxy) is 1. The summed E-state index contributed by atoms with van der Waals surface area (Å²) < 4.78 is 5.40. The molecule has 3 N–H and O–H groups in total. The monoisotopic (exact) mass is 216 g/mol. The standard InChI is InChI=1S/C11H24N2O2/c1-3-10(7-14)13-9(2)6-11-8-15-5-4-12-11/h9-14H,3-8H2,1-2H3/t9?,10-,11?/m1/s1. The van der Waals surface area contributed by atoms with Gasteiger partial charge in [0.1, 0.15) is 0 Å². The normalized spacial score (nSPS) is 26.2. The maximum Gasteiger partial charge on any atom is 0.0620 e. The summed E-state index contributed by atoms with van der Waals surface area (Å²) in [5.41, 5.74) is 0. The van der Waals surface area contributed by atoms with E-state index < -0.39 is 0 Å². The van der Waals surface area contributed by atoms with Gasteiger partial charge in [0, 0.05) is 24.7 Å². The van der Waals surface area contributed by atoms with Crippen LogP contribution in [-0.4, -0.2) is 49.6 Å². The summed E-state index contributed by atoms with van der Waals surface area (Å²) in [6.07, 6.45) is 2.02. The van der Waals surface area contributed by atoms with E-state index >= 15 is 0 Å². The molecule has 0 spiro atoms. The molecule has 4 heteroatoms. The molecule has 0 radical (unpaired) electrons. The lowest BCUT2D eigenvalue weighted by molar-refractivity contribution is 0.0702. The van der Waals surface area contributed by atoms with E-state index in [1.165, 1.54) is 0 Å². The molecule has 0 aromatic heterocycles. The average Bonchev–Trinajstić information content (AvgIpc) is 2.27. The fourth-order valence-electron chi connectivity index (χ4n) is 1.97. The van der Waals surface area contributed by atoms with E-state index in [1.807, 2.05) is 0 Å². The Bertz CT molecular complexity index is 157. The Kier molecular flexibility index (Phi) is 6.17. The third-order valence-corrected chi connectivity index (χ3v) is 2.87. The second-order valence-electron chi connectivity index (χ2n) is 4.32. The van der Waals surface area contributed by atoms with Gasteiger partial charge in [0.2, 0.25) is 0 Å². The number of hydrogen-bond acceptors (Lipinski definition) is 4. The van der Waals surface area contributed by atoms with Crippen molar-refractivity contribution in [1.82, 2.24) is 10.6 Å². The van der Waals surface area contributed by atoms with Crippen molar-refractivity contribution in [3.8, 4) is 0 Å². The van der Waals surface area contributed by atoms with Crippen LogP contribution in [0, 0.1) is 0 Å². The molecule has 90 valence electrons. The van der Waals surface area contributed by atoms with Gasteiger partial charge >= 0.3 is 0 Å². The molecule has 0 amide bonds. The van der Waals surface area contributed by atoms with E-state index in [-0.39, 0.29) is 12.6 Å². The highest BCUT2D eigenvalue weighted by Crippen LogP contribution is 2.04. The lowest BCUT2D eigenvalue weighted by atomic mass is 10.1. The van der Waals surface area contributed by atoms with Gasteiger partial charge in [-0.2, -0.15) is 0 Å². The van der Waals surface area contributed by atoms with E-state index in [0.717, 1.165) is 32.6 Å². The van der Waals surface area contributed by atoms with Crippen molar-refractivity contribution >= 4 is 0 Å². The van der Waals surface area contributed by atoms with Gasteiger partial charge in [0.15, 0.2) is 0 Å². The number of rotatable bonds is 6. The molecule has 3 atom stereocenters. The number of aliphatic hydroxyl groups is 1. The molecular formula is C11H24N2O2. The van der Waals surface area contributed by atoms with Crippen molar-refractivity contribution in [2.45, 2.75) is 44.8 Å². The summed E-state index contributed by atoms with van der Waals surface area (Å²) in [5, 5.41) is 15.9. The molecule has 1 saturated heterocycles. The number of hydrogen-bond donors (Lipinski definition) is 3. The van der Waals surface area contributed by atoms with E-state index in [1.54, 1.807) is 0 Å². The molecule has 1 fully saturated rings. The Labute approximate surface area is 92.4 Å². The SMILES string of the molecule is CC[C@H](CO)NC(C)CC1COCCN1. The summed E-state index contributed by atoms with van der Waals surface area (Å²) in [6, 6.07) is 1.10. The minimum atomic E-state index is 0.218. The first kappa shape index (κ1) is 12.9. The molecule has 0 saturated carbocycles. The topological polar surface area (TPSA) is 53.5 Å². The van der Waals surface area contributed by atoms with Crippen LogP contribution in [0.4, 0.5) is 0 Å². The van der Waals surface area contributed by atoms with E-state index in [9.17, 15) is 0 Å². The highest BCUT2D eigenvalue weighted by molar-refractivity contribution is 4.78. The molecule has 2 unspecified atom stereocenters. The maximum absolute atomic E-state index is 9.08. The van der Waals surface area contributed by atoms with E-state index in [4.69, 9.17) is 9.84 Å². The molecule has 4 nitrogen and oxygen atoms in total. The molecule has 1 aliphatic rings. The van der Waals surface area contributed by atoms with Crippen molar-refractivity contribution in [3.63, 3.8) is 0 Å². The smallest absolute Gasteiger partial charge is 0.0620 e. The fourth-order valence-corrected chi connectivity index (χ4v) is 1.97. The van der Waals surface area contributed by atoms with Crippen molar-refractivity contribution < 1.29 is 9.84 Å². The Morgan fingerprint density at radius 3 is 2.93 bits per heavy atom. The summed E-state index contributed by atoms with van der Waals surface area (Å²) >= 11 is 0. The molecule has 0 aliphatic carbocycles. The van der Waals surface area contributed by atoms with Crippen LogP contribution in [0.15, 0.2) is 0 Å². The Hall–Kier alpha value is -0.160. The molecule has 0 bridgehead atoms. The predicted molar refractivity (Wildman–Crippen MR) is 61.0 cm³/mol. The molecule has 1 rings (SSSR count). The quantitative estimate of drug-likeness (QED) is 0.590. The van der Waals surface area contributed by atoms with Gasteiger partial charge in [-0.3, -0.25) is 0 Å². The maximum atomic E-state index is 9.08. The van der Waals surface area contributed by atoms with Crippen LogP contribution < -0.4 is 10.6 Å². The van der Waals surface area contributed by atoms with Gasteiger partial charge in [0.05, 0.1) is 19.8 Å². The van der Waals surface area contributed by atoms with Crippen molar-refractivity contribution in [2.75, 3.05) is 26.4 Å². The van der Waals surface area contributed by atoms with Crippen LogP contribution in [0.5, 0.6) is 0 Å². The van der Waals surface area contributed by atoms with Gasteiger partial charge < -0.3 is 20.5 Å².